The fourth-order valence-electron chi connectivity index (χ4n) is 3.26. The predicted molar refractivity (Wildman–Crippen MR) is 105 cm³/mol. The van der Waals surface area contributed by atoms with E-state index in [2.05, 4.69) is 50.4 Å². The number of anilines is 1. The summed E-state index contributed by atoms with van der Waals surface area (Å²) < 4.78 is 5.16. The summed E-state index contributed by atoms with van der Waals surface area (Å²) in [4.78, 5) is 18.0. The molecule has 0 saturated heterocycles. The Morgan fingerprint density at radius 3 is 2.72 bits per heavy atom. The van der Waals surface area contributed by atoms with Gasteiger partial charge in [-0.1, -0.05) is 31.5 Å². The van der Waals surface area contributed by atoms with Crippen molar-refractivity contribution in [3.05, 3.63) is 40.4 Å². The lowest BCUT2D eigenvalue weighted by Gasteiger charge is -2.36. The van der Waals surface area contributed by atoms with E-state index in [0.29, 0.717) is 12.4 Å². The maximum Gasteiger partial charge on any atom is 0.331 e. The molecule has 1 aliphatic carbocycles. The third kappa shape index (κ3) is 4.27. The lowest BCUT2D eigenvalue weighted by atomic mass is 9.78. The van der Waals surface area contributed by atoms with Crippen LogP contribution in [0.5, 0.6) is 0 Å². The number of ether oxygens (including phenoxy) is 1. The van der Waals surface area contributed by atoms with E-state index in [4.69, 9.17) is 9.73 Å². The Morgan fingerprint density at radius 1 is 1.32 bits per heavy atom. The molecule has 1 aromatic carbocycles. The molecule has 1 aliphatic heterocycles. The molecular formula is C20H26N2O2S. The Balaban J connectivity index is 1.89. The summed E-state index contributed by atoms with van der Waals surface area (Å²) in [5, 5.41) is 3.59. The molecule has 0 radical (unpaired) electrons. The smallest absolute Gasteiger partial charge is 0.331 e. The molecule has 25 heavy (non-hydrogen) atoms. The average molecular weight is 359 g/mol. The van der Waals surface area contributed by atoms with Crippen LogP contribution in [0.25, 0.3) is 0 Å². The molecule has 0 spiro atoms. The normalized spacial score (nSPS) is 22.1. The number of esters is 1. The maximum absolute atomic E-state index is 12.1. The van der Waals surface area contributed by atoms with Crippen molar-refractivity contribution in [3.63, 3.8) is 0 Å². The Morgan fingerprint density at radius 2 is 2.04 bits per heavy atom. The highest BCUT2D eigenvalue weighted by Crippen LogP contribution is 2.43. The number of thioether (sulfide) groups is 1. The molecule has 0 amide bonds. The zero-order valence-electron chi connectivity index (χ0n) is 15.4. The summed E-state index contributed by atoms with van der Waals surface area (Å²) in [7, 11) is 0. The van der Waals surface area contributed by atoms with Gasteiger partial charge in [0.05, 0.1) is 12.3 Å². The van der Waals surface area contributed by atoms with E-state index in [1.807, 2.05) is 6.92 Å². The Labute approximate surface area is 154 Å². The number of fused-ring (bicyclic) bond motifs is 1. The number of nitrogens with zero attached hydrogens (tertiary/aromatic N) is 1. The highest BCUT2D eigenvalue weighted by Gasteiger charge is 2.36. The fourth-order valence-corrected chi connectivity index (χ4v) is 4.39. The maximum atomic E-state index is 12.1. The van der Waals surface area contributed by atoms with Gasteiger partial charge in [-0.15, -0.1) is 11.8 Å². The van der Waals surface area contributed by atoms with Crippen LogP contribution in [-0.4, -0.2) is 30.1 Å². The molecule has 0 saturated carbocycles. The van der Waals surface area contributed by atoms with Gasteiger partial charge in [-0.05, 0) is 44.2 Å². The molecule has 5 heteroatoms. The van der Waals surface area contributed by atoms with Crippen LogP contribution in [0.3, 0.4) is 0 Å². The summed E-state index contributed by atoms with van der Waals surface area (Å²) in [5.41, 5.74) is 4.72. The van der Waals surface area contributed by atoms with Gasteiger partial charge < -0.3 is 10.1 Å². The topological polar surface area (TPSA) is 50.7 Å². The van der Waals surface area contributed by atoms with Crippen LogP contribution >= 0.6 is 11.8 Å². The highest BCUT2D eigenvalue weighted by molar-refractivity contribution is 8.04. The van der Waals surface area contributed by atoms with E-state index < -0.39 is 0 Å². The molecule has 1 unspecified atom stereocenters. The first-order valence-corrected chi connectivity index (χ1v) is 9.80. The lowest BCUT2D eigenvalue weighted by Crippen LogP contribution is -2.34. The second-order valence-electron chi connectivity index (χ2n) is 7.47. The second kappa shape index (κ2) is 7.24. The summed E-state index contributed by atoms with van der Waals surface area (Å²) in [5.74, 6) is 0.440. The number of benzene rings is 1. The first-order chi connectivity index (χ1) is 11.9. The van der Waals surface area contributed by atoms with Crippen LogP contribution in [0, 0.1) is 12.3 Å². The SMILES string of the molecule is CCOC(=O)C1CSC2=C(Nc3ccc(C)cc3)CC(C)(C)CC2=N1. The molecule has 0 bridgehead atoms. The molecule has 0 aromatic heterocycles. The fraction of sp³-hybridized carbons (Fsp3) is 0.500. The van der Waals surface area contributed by atoms with Crippen LogP contribution in [0.4, 0.5) is 5.69 Å². The number of hydrogen-bond donors (Lipinski definition) is 1. The highest BCUT2D eigenvalue weighted by atomic mass is 32.2. The number of hydrogen-bond acceptors (Lipinski definition) is 5. The number of rotatable bonds is 4. The zero-order chi connectivity index (χ0) is 18.0. The molecule has 1 N–H and O–H groups in total. The van der Waals surface area contributed by atoms with Crippen LogP contribution < -0.4 is 5.32 Å². The lowest BCUT2D eigenvalue weighted by molar-refractivity contribution is -0.143. The van der Waals surface area contributed by atoms with Gasteiger partial charge in [0.2, 0.25) is 0 Å². The van der Waals surface area contributed by atoms with Crippen LogP contribution in [0.2, 0.25) is 0 Å². The van der Waals surface area contributed by atoms with Crippen molar-refractivity contribution in [3.8, 4) is 0 Å². The van der Waals surface area contributed by atoms with Crippen molar-refractivity contribution in [2.24, 2.45) is 10.4 Å². The van der Waals surface area contributed by atoms with Gasteiger partial charge in [0.15, 0.2) is 6.04 Å². The standard InChI is InChI=1S/C20H26N2O2S/c1-5-24-19(23)17-12-25-18-15(10-20(3,4)11-16(18)22-17)21-14-8-6-13(2)7-9-14/h6-9,17,21H,5,10-12H2,1-4H3. The molecular weight excluding hydrogens is 332 g/mol. The van der Waals surface area contributed by atoms with E-state index >= 15 is 0 Å². The predicted octanol–water partition coefficient (Wildman–Crippen LogP) is 4.56. The summed E-state index contributed by atoms with van der Waals surface area (Å²) >= 11 is 1.73. The van der Waals surface area contributed by atoms with Crippen LogP contribution in [-0.2, 0) is 9.53 Å². The average Bonchev–Trinajstić information content (AvgIpc) is 2.55. The number of carbonyl (C=O) groups excluding carboxylic acids is 1. The van der Waals surface area contributed by atoms with Crippen molar-refractivity contribution in [2.75, 3.05) is 17.7 Å². The summed E-state index contributed by atoms with van der Waals surface area (Å²) in [6.45, 7) is 8.83. The zero-order valence-corrected chi connectivity index (χ0v) is 16.2. The molecule has 3 rings (SSSR count). The van der Waals surface area contributed by atoms with Crippen LogP contribution in [0.15, 0.2) is 39.9 Å². The first-order valence-electron chi connectivity index (χ1n) is 8.81. The van der Waals surface area contributed by atoms with Crippen molar-refractivity contribution >= 4 is 29.1 Å². The molecule has 1 aromatic rings. The number of carbonyl (C=O) groups is 1. The van der Waals surface area contributed by atoms with Gasteiger partial charge >= 0.3 is 5.97 Å². The molecule has 2 aliphatic rings. The molecule has 4 nitrogen and oxygen atoms in total. The van der Waals surface area contributed by atoms with E-state index in [9.17, 15) is 4.79 Å². The molecule has 1 atom stereocenters. The van der Waals surface area contributed by atoms with Gasteiger partial charge in [0, 0.05) is 22.0 Å². The van der Waals surface area contributed by atoms with E-state index in [1.165, 1.54) is 16.2 Å². The Hall–Kier alpha value is -1.75. The second-order valence-corrected chi connectivity index (χ2v) is 8.50. The quantitative estimate of drug-likeness (QED) is 0.802. The van der Waals surface area contributed by atoms with Crippen molar-refractivity contribution in [2.45, 2.75) is 46.6 Å². The summed E-state index contributed by atoms with van der Waals surface area (Å²) in [6, 6.07) is 8.06. The largest absolute Gasteiger partial charge is 0.464 e. The van der Waals surface area contributed by atoms with Gasteiger partial charge in [-0.25, -0.2) is 4.79 Å². The molecule has 134 valence electrons. The van der Waals surface area contributed by atoms with Gasteiger partial charge in [0.25, 0.3) is 0 Å². The third-order valence-electron chi connectivity index (χ3n) is 4.44. The number of allylic oxidation sites excluding steroid dienone is 2. The van der Waals surface area contributed by atoms with E-state index in [1.54, 1.807) is 11.8 Å². The van der Waals surface area contributed by atoms with Crippen LogP contribution in [0.1, 0.15) is 39.2 Å². The number of nitrogens with one attached hydrogen (secondary N) is 1. The van der Waals surface area contributed by atoms with Crippen molar-refractivity contribution in [1.82, 2.24) is 0 Å². The minimum Gasteiger partial charge on any atom is -0.464 e. The minimum atomic E-state index is -0.377. The molecule has 0 fully saturated rings. The third-order valence-corrected chi connectivity index (χ3v) is 5.69. The van der Waals surface area contributed by atoms with E-state index in [-0.39, 0.29) is 17.4 Å². The Bertz CT molecular complexity index is 720. The van der Waals surface area contributed by atoms with Crippen molar-refractivity contribution in [1.29, 1.82) is 0 Å². The summed E-state index contributed by atoms with van der Waals surface area (Å²) in [6.07, 6.45) is 1.87. The first kappa shape index (κ1) is 18.1. The minimum absolute atomic E-state index is 0.118. The number of aryl methyl sites for hydroxylation is 1. The van der Waals surface area contributed by atoms with E-state index in [0.717, 1.165) is 24.2 Å². The number of aliphatic imine (C=N–C) groups is 1. The Kier molecular flexibility index (Phi) is 5.23. The van der Waals surface area contributed by atoms with Gasteiger partial charge in [0.1, 0.15) is 0 Å². The monoisotopic (exact) mass is 358 g/mol. The van der Waals surface area contributed by atoms with Gasteiger partial charge in [-0.2, -0.15) is 0 Å². The van der Waals surface area contributed by atoms with Crippen molar-refractivity contribution < 1.29 is 9.53 Å². The molecule has 1 heterocycles. The van der Waals surface area contributed by atoms with Gasteiger partial charge in [-0.3, -0.25) is 4.99 Å².